The fraction of sp³-hybridized carbons (Fsp3) is 0.0667. The number of aromatic nitrogens is 6. The van der Waals surface area contributed by atoms with Crippen molar-refractivity contribution in [2.45, 2.75) is 13.1 Å². The summed E-state index contributed by atoms with van der Waals surface area (Å²) in [5.41, 5.74) is 6.57. The van der Waals surface area contributed by atoms with Crippen LogP contribution in [-0.4, -0.2) is 30.1 Å². The highest BCUT2D eigenvalue weighted by atomic mass is 32.1. The van der Waals surface area contributed by atoms with Crippen molar-refractivity contribution in [3.05, 3.63) is 108 Å². The molecule has 0 amide bonds. The lowest BCUT2D eigenvalue weighted by Gasteiger charge is -2.08. The molecule has 39 heavy (non-hydrogen) atoms. The first-order valence-corrected chi connectivity index (χ1v) is 13.4. The third-order valence-electron chi connectivity index (χ3n) is 6.64. The normalized spacial score (nSPS) is 11.5. The van der Waals surface area contributed by atoms with Gasteiger partial charge in [-0.05, 0) is 34.7 Å². The summed E-state index contributed by atoms with van der Waals surface area (Å²) >= 11 is 1.65. The number of thiophene rings is 1. The number of hydrogen-bond donors (Lipinski definition) is 3. The van der Waals surface area contributed by atoms with E-state index in [4.69, 9.17) is 4.98 Å². The standard InChI is InChI=1S/C30H22FN7S/c31-26-25-23(17-34-27(26)20-12-19(15-33-16-20)14-32-13-18-6-2-1-3-7-18)37-38-29(25)30-35-22-9-4-8-21(28(22)36-30)24-10-5-11-39-24/h1-12,15-17,32H,13-14H2,(H,35,36)(H,37,38). The van der Waals surface area contributed by atoms with Crippen LogP contribution in [0.5, 0.6) is 0 Å². The van der Waals surface area contributed by atoms with Gasteiger partial charge >= 0.3 is 0 Å². The van der Waals surface area contributed by atoms with Crippen LogP contribution >= 0.6 is 11.3 Å². The Balaban J connectivity index is 1.23. The lowest BCUT2D eigenvalue weighted by atomic mass is 10.1. The molecular weight excluding hydrogens is 509 g/mol. The Kier molecular flexibility index (Phi) is 5.92. The van der Waals surface area contributed by atoms with Gasteiger partial charge in [0.15, 0.2) is 11.6 Å². The summed E-state index contributed by atoms with van der Waals surface area (Å²) in [5.74, 6) is 0.0275. The van der Waals surface area contributed by atoms with E-state index in [1.165, 1.54) is 5.56 Å². The molecule has 0 unspecified atom stereocenters. The number of para-hydroxylation sites is 1. The molecule has 7 rings (SSSR count). The maximum atomic E-state index is 16.1. The fourth-order valence-corrected chi connectivity index (χ4v) is 5.54. The molecule has 0 fully saturated rings. The van der Waals surface area contributed by atoms with Crippen LogP contribution in [0.3, 0.4) is 0 Å². The molecule has 0 radical (unpaired) electrons. The molecule has 0 atom stereocenters. The van der Waals surface area contributed by atoms with Gasteiger partial charge in [0.2, 0.25) is 0 Å². The summed E-state index contributed by atoms with van der Waals surface area (Å²) < 4.78 is 16.1. The quantitative estimate of drug-likeness (QED) is 0.212. The number of fused-ring (bicyclic) bond motifs is 2. The zero-order chi connectivity index (χ0) is 26.2. The number of benzene rings is 2. The average Bonchev–Trinajstić information content (AvgIpc) is 3.74. The van der Waals surface area contributed by atoms with Crippen LogP contribution in [0.4, 0.5) is 4.39 Å². The largest absolute Gasteiger partial charge is 0.337 e. The van der Waals surface area contributed by atoms with Crippen molar-refractivity contribution >= 4 is 33.3 Å². The number of imidazole rings is 1. The van der Waals surface area contributed by atoms with E-state index in [1.807, 2.05) is 53.9 Å². The summed E-state index contributed by atoms with van der Waals surface area (Å²) in [6.45, 7) is 1.33. The Morgan fingerprint density at radius 2 is 1.74 bits per heavy atom. The smallest absolute Gasteiger partial charge is 0.161 e. The van der Waals surface area contributed by atoms with Gasteiger partial charge in [0.1, 0.15) is 11.4 Å². The lowest BCUT2D eigenvalue weighted by Crippen LogP contribution is -2.12. The van der Waals surface area contributed by atoms with Crippen molar-refractivity contribution in [2.24, 2.45) is 0 Å². The molecule has 0 bridgehead atoms. The fourth-order valence-electron chi connectivity index (χ4n) is 4.78. The minimum Gasteiger partial charge on any atom is -0.337 e. The Morgan fingerprint density at radius 3 is 2.62 bits per heavy atom. The molecule has 0 aliphatic carbocycles. The number of rotatable bonds is 7. The molecule has 0 aliphatic heterocycles. The Bertz CT molecular complexity index is 1910. The average molecular weight is 532 g/mol. The van der Waals surface area contributed by atoms with E-state index in [0.29, 0.717) is 34.5 Å². The van der Waals surface area contributed by atoms with E-state index in [9.17, 15) is 0 Å². The number of H-pyrrole nitrogens is 2. The summed E-state index contributed by atoms with van der Waals surface area (Å²) in [6.07, 6.45) is 5.01. The van der Waals surface area contributed by atoms with Gasteiger partial charge in [0, 0.05) is 41.5 Å². The van der Waals surface area contributed by atoms with Crippen LogP contribution < -0.4 is 5.32 Å². The minimum absolute atomic E-state index is 0.220. The van der Waals surface area contributed by atoms with Gasteiger partial charge in [-0.1, -0.05) is 48.5 Å². The predicted octanol–water partition coefficient (Wildman–Crippen LogP) is 6.72. The molecule has 5 heterocycles. The number of pyridine rings is 2. The molecule has 0 saturated heterocycles. The third-order valence-corrected chi connectivity index (χ3v) is 7.54. The van der Waals surface area contributed by atoms with Crippen molar-refractivity contribution in [1.29, 1.82) is 0 Å². The van der Waals surface area contributed by atoms with Crippen LogP contribution in [0.15, 0.2) is 90.7 Å². The number of aromatic amines is 2. The number of nitrogens with zero attached hydrogens (tertiary/aromatic N) is 4. The Morgan fingerprint density at radius 1 is 0.846 bits per heavy atom. The van der Waals surface area contributed by atoms with E-state index in [-0.39, 0.29) is 5.69 Å². The highest BCUT2D eigenvalue weighted by Gasteiger charge is 2.21. The topological polar surface area (TPSA) is 95.2 Å². The first-order valence-electron chi connectivity index (χ1n) is 12.5. The summed E-state index contributed by atoms with van der Waals surface area (Å²) in [5, 5.41) is 13.1. The number of nitrogens with one attached hydrogen (secondary N) is 3. The molecular formula is C30H22FN7S. The monoisotopic (exact) mass is 531 g/mol. The zero-order valence-electron chi connectivity index (χ0n) is 20.6. The van der Waals surface area contributed by atoms with Gasteiger partial charge in [-0.2, -0.15) is 5.10 Å². The zero-order valence-corrected chi connectivity index (χ0v) is 21.5. The van der Waals surface area contributed by atoms with Crippen molar-refractivity contribution in [3.8, 4) is 33.2 Å². The second kappa shape index (κ2) is 9.86. The summed E-state index contributed by atoms with van der Waals surface area (Å²) in [6, 6.07) is 22.2. The highest BCUT2D eigenvalue weighted by Crippen LogP contribution is 2.35. The van der Waals surface area contributed by atoms with Crippen molar-refractivity contribution in [1.82, 2.24) is 35.5 Å². The first kappa shape index (κ1) is 23.4. The summed E-state index contributed by atoms with van der Waals surface area (Å²) in [7, 11) is 0. The molecule has 2 aromatic carbocycles. The third kappa shape index (κ3) is 4.37. The molecule has 5 aromatic heterocycles. The van der Waals surface area contributed by atoms with Crippen LogP contribution in [0.1, 0.15) is 11.1 Å². The minimum atomic E-state index is -0.466. The van der Waals surface area contributed by atoms with E-state index in [0.717, 1.165) is 33.6 Å². The molecule has 7 aromatic rings. The Hall–Kier alpha value is -4.73. The molecule has 0 spiro atoms. The molecule has 9 heteroatoms. The Labute approximate surface area is 226 Å². The van der Waals surface area contributed by atoms with Gasteiger partial charge in [0.25, 0.3) is 0 Å². The maximum absolute atomic E-state index is 16.1. The number of hydrogen-bond acceptors (Lipinski definition) is 6. The molecule has 7 nitrogen and oxygen atoms in total. The SMILES string of the molecule is Fc1c(-c2cncc(CNCc3ccccc3)c2)ncc2[nH]nc(-c3nc4c(-c5cccs5)cccc4[nH]3)c12. The maximum Gasteiger partial charge on any atom is 0.161 e. The predicted molar refractivity (Wildman–Crippen MR) is 152 cm³/mol. The van der Waals surface area contributed by atoms with Crippen LogP contribution in [0.25, 0.3) is 55.2 Å². The molecule has 0 aliphatic rings. The van der Waals surface area contributed by atoms with Crippen LogP contribution in [0.2, 0.25) is 0 Å². The van der Waals surface area contributed by atoms with E-state index in [1.54, 1.807) is 29.9 Å². The first-order chi connectivity index (χ1) is 19.2. The molecule has 0 saturated carbocycles. The van der Waals surface area contributed by atoms with Crippen molar-refractivity contribution < 1.29 is 4.39 Å². The van der Waals surface area contributed by atoms with E-state index >= 15 is 4.39 Å². The second-order valence-electron chi connectivity index (χ2n) is 9.22. The van der Waals surface area contributed by atoms with Crippen molar-refractivity contribution in [3.63, 3.8) is 0 Å². The van der Waals surface area contributed by atoms with E-state index in [2.05, 4.69) is 48.7 Å². The molecule has 3 N–H and O–H groups in total. The van der Waals surface area contributed by atoms with Gasteiger partial charge in [-0.25, -0.2) is 9.37 Å². The lowest BCUT2D eigenvalue weighted by molar-refractivity contribution is 0.638. The second-order valence-corrected chi connectivity index (χ2v) is 10.2. The van der Waals surface area contributed by atoms with Crippen LogP contribution in [0, 0.1) is 5.82 Å². The van der Waals surface area contributed by atoms with Gasteiger partial charge in [-0.15, -0.1) is 11.3 Å². The van der Waals surface area contributed by atoms with Gasteiger partial charge in [-0.3, -0.25) is 15.1 Å². The number of halogens is 1. The highest BCUT2D eigenvalue weighted by molar-refractivity contribution is 7.13. The summed E-state index contributed by atoms with van der Waals surface area (Å²) in [4.78, 5) is 18.0. The van der Waals surface area contributed by atoms with Gasteiger partial charge < -0.3 is 10.3 Å². The molecule has 190 valence electrons. The van der Waals surface area contributed by atoms with Crippen LogP contribution in [-0.2, 0) is 13.1 Å². The van der Waals surface area contributed by atoms with Gasteiger partial charge in [0.05, 0.1) is 28.1 Å². The van der Waals surface area contributed by atoms with Crippen molar-refractivity contribution in [2.75, 3.05) is 0 Å². The van der Waals surface area contributed by atoms with E-state index < -0.39 is 5.82 Å².